The molecule has 5 unspecified atom stereocenters. The molecular weight excluding hydrogens is 1020 g/mol. The van der Waals surface area contributed by atoms with E-state index in [-0.39, 0.29) is 50.2 Å². The number of amides is 11. The Kier molecular flexibility index (Phi) is 24.8. The second-order valence-corrected chi connectivity index (χ2v) is 21.6. The van der Waals surface area contributed by atoms with Crippen molar-refractivity contribution in [1.29, 1.82) is 0 Å². The summed E-state index contributed by atoms with van der Waals surface area (Å²) in [6.07, 6.45) is 0.453. The van der Waals surface area contributed by atoms with Crippen molar-refractivity contribution in [3.8, 4) is 5.75 Å². The number of aromatic hydroxyl groups is 1. The molecule has 0 spiro atoms. The number of nitrogens with one attached hydrogen (secondary N) is 7. The Morgan fingerprint density at radius 2 is 1.34 bits per heavy atom. The molecule has 2 heterocycles. The van der Waals surface area contributed by atoms with Crippen LogP contribution in [0.3, 0.4) is 0 Å². The molecule has 24 nitrogen and oxygen atoms in total. The van der Waals surface area contributed by atoms with E-state index in [0.29, 0.717) is 49.8 Å². The summed E-state index contributed by atoms with van der Waals surface area (Å²) in [6.45, 7) is 3.60. The van der Waals surface area contributed by atoms with Crippen LogP contribution in [0.2, 0.25) is 0 Å². The topological polar surface area (TPSA) is 400 Å². The first-order chi connectivity index (χ1) is 36.2. The van der Waals surface area contributed by atoms with Crippen LogP contribution in [-0.2, 0) is 65.6 Å². The van der Waals surface area contributed by atoms with Gasteiger partial charge in [-0.25, -0.2) is 0 Å². The molecular formula is C50H72N12O12S2. The number of phenolic OH excluding ortho intramolecular Hbond substituents is 1. The molecule has 16 N–H and O–H groups in total. The number of nitrogens with two attached hydrogens (primary N) is 4. The molecule has 0 aromatic heterocycles. The third kappa shape index (κ3) is 19.6. The molecule has 2 fully saturated rings. The van der Waals surface area contributed by atoms with Gasteiger partial charge in [0.25, 0.3) is 0 Å². The van der Waals surface area contributed by atoms with Gasteiger partial charge in [0, 0.05) is 42.7 Å². The molecule has 11 amide bonds. The van der Waals surface area contributed by atoms with Gasteiger partial charge in [-0.2, -0.15) is 0 Å². The van der Waals surface area contributed by atoms with Gasteiger partial charge in [0.05, 0.1) is 13.0 Å². The molecule has 2 aliphatic rings. The van der Waals surface area contributed by atoms with E-state index in [4.69, 9.17) is 22.9 Å². The zero-order valence-corrected chi connectivity index (χ0v) is 44.4. The second kappa shape index (κ2) is 30.6. The molecule has 2 aliphatic heterocycles. The summed E-state index contributed by atoms with van der Waals surface area (Å²) >= 11 is 0. The Balaban J connectivity index is 1.78. The molecule has 26 heteroatoms. The van der Waals surface area contributed by atoms with Crippen molar-refractivity contribution in [2.24, 2.45) is 22.9 Å². The number of hydrogen-bond donors (Lipinski definition) is 12. The zero-order valence-electron chi connectivity index (χ0n) is 42.8. The molecule has 2 saturated heterocycles. The SMILES string of the molecule is CCC1(CC)CC(=O)NC(Cc2ccc(O)cc2)C(=O)NC(Cc2ccccc2)C(=O)NC(CCC(N)=O)C(=O)NC(CC(N)=O)C(=O)NC(C(=O)N2CCC[C@H]2C(=O)N[C@@H](CCCCN)C(=O)NCC(N)=O)CSS1. The number of carbonyl (C=O) groups excluding carboxylic acids is 11. The standard InChI is InChI=1S/C50H72N12O12S2/c1-3-50(4-2)26-42(67)56-34(24-30-15-17-31(63)18-16-30)45(70)59-35(23-29-11-6-5-7-12-29)46(71)57-33(19-20-39(52)64)44(69)60-36(25-40(53)65)47(72)61-37(28-75-76-50)49(74)62-22-10-14-38(62)48(73)58-32(13-8-9-21-51)43(68)55-27-41(54)66/h5-7,11-12,15-18,32-38,63H,3-4,8-10,13-14,19-28,51H2,1-2H3,(H2,52,64)(H2,53,65)(H2,54,66)(H,55,68)(H,56,67)(H,57,71)(H,58,73)(H,59,70)(H,60,69)(H,61,72)/t32-,33?,34?,35?,36?,37?,38-/m0/s1. The van der Waals surface area contributed by atoms with Crippen LogP contribution in [0.1, 0.15) is 95.6 Å². The fraction of sp³-hybridized carbons (Fsp3) is 0.540. The van der Waals surface area contributed by atoms with E-state index < -0.39 is 138 Å². The summed E-state index contributed by atoms with van der Waals surface area (Å²) in [6, 6.07) is 4.78. The molecule has 76 heavy (non-hydrogen) atoms. The summed E-state index contributed by atoms with van der Waals surface area (Å²) in [5.74, 6) is -9.36. The summed E-state index contributed by atoms with van der Waals surface area (Å²) in [5.41, 5.74) is 23.1. The van der Waals surface area contributed by atoms with Crippen molar-refractivity contribution in [2.45, 2.75) is 144 Å². The van der Waals surface area contributed by atoms with Gasteiger partial charge in [-0.15, -0.1) is 0 Å². The Morgan fingerprint density at radius 3 is 1.95 bits per heavy atom. The number of phenols is 1. The largest absolute Gasteiger partial charge is 0.508 e. The summed E-state index contributed by atoms with van der Waals surface area (Å²) < 4.78 is -0.838. The average molecular weight is 1100 g/mol. The lowest BCUT2D eigenvalue weighted by atomic mass is 9.96. The number of likely N-dealkylation sites (tertiary alicyclic amines) is 1. The smallest absolute Gasteiger partial charge is 0.246 e. The predicted molar refractivity (Wildman–Crippen MR) is 284 cm³/mol. The minimum atomic E-state index is -1.77. The Labute approximate surface area is 449 Å². The van der Waals surface area contributed by atoms with Gasteiger partial charge in [-0.05, 0) is 81.2 Å². The maximum atomic E-state index is 14.8. The third-order valence-electron chi connectivity index (χ3n) is 13.0. The Bertz CT molecular complexity index is 2380. The molecule has 0 bridgehead atoms. The lowest BCUT2D eigenvalue weighted by Gasteiger charge is -2.33. The van der Waals surface area contributed by atoms with Crippen LogP contribution in [0.5, 0.6) is 5.75 Å². The van der Waals surface area contributed by atoms with E-state index in [1.165, 1.54) is 27.8 Å². The van der Waals surface area contributed by atoms with Crippen LogP contribution in [0.15, 0.2) is 54.6 Å². The number of primary amides is 3. The van der Waals surface area contributed by atoms with Gasteiger partial charge in [-0.3, -0.25) is 52.7 Å². The highest BCUT2D eigenvalue weighted by Gasteiger charge is 2.41. The highest BCUT2D eigenvalue weighted by molar-refractivity contribution is 8.77. The van der Waals surface area contributed by atoms with Crippen molar-refractivity contribution in [3.05, 3.63) is 65.7 Å². The minimum absolute atomic E-state index is 0.0353. The minimum Gasteiger partial charge on any atom is -0.508 e. The fourth-order valence-electron chi connectivity index (χ4n) is 8.61. The number of hydrogen-bond acceptors (Lipinski definition) is 15. The van der Waals surface area contributed by atoms with Crippen molar-refractivity contribution in [2.75, 3.05) is 25.4 Å². The van der Waals surface area contributed by atoms with E-state index in [0.717, 1.165) is 10.8 Å². The quantitative estimate of drug-likeness (QED) is 0.0489. The van der Waals surface area contributed by atoms with Crippen LogP contribution in [0.25, 0.3) is 0 Å². The first kappa shape index (κ1) is 61.6. The lowest BCUT2D eigenvalue weighted by molar-refractivity contribution is -0.142. The fourth-order valence-corrected chi connectivity index (χ4v) is 12.0. The van der Waals surface area contributed by atoms with Gasteiger partial charge in [0.15, 0.2) is 0 Å². The molecule has 4 rings (SSSR count). The van der Waals surface area contributed by atoms with Crippen LogP contribution >= 0.6 is 21.6 Å². The van der Waals surface area contributed by atoms with Crippen molar-refractivity contribution < 1.29 is 57.8 Å². The van der Waals surface area contributed by atoms with Crippen LogP contribution in [0.4, 0.5) is 0 Å². The van der Waals surface area contributed by atoms with Gasteiger partial charge >= 0.3 is 0 Å². The van der Waals surface area contributed by atoms with E-state index in [1.54, 1.807) is 42.5 Å². The van der Waals surface area contributed by atoms with Gasteiger partial charge in [0.1, 0.15) is 48.0 Å². The normalized spacial score (nSPS) is 22.3. The molecule has 0 aliphatic carbocycles. The zero-order chi connectivity index (χ0) is 56.0. The molecule has 2 aromatic carbocycles. The summed E-state index contributed by atoms with van der Waals surface area (Å²) in [5, 5.41) is 28.3. The van der Waals surface area contributed by atoms with Gasteiger partial charge in [-0.1, -0.05) is 77.9 Å². The van der Waals surface area contributed by atoms with Crippen molar-refractivity contribution in [3.63, 3.8) is 0 Å². The average Bonchev–Trinajstić information content (AvgIpc) is 3.88. The lowest BCUT2D eigenvalue weighted by Crippen LogP contribution is -2.61. The van der Waals surface area contributed by atoms with Gasteiger partial charge < -0.3 is 70.2 Å². The Morgan fingerprint density at radius 1 is 0.750 bits per heavy atom. The van der Waals surface area contributed by atoms with E-state index >= 15 is 0 Å². The van der Waals surface area contributed by atoms with Gasteiger partial charge in [0.2, 0.25) is 65.0 Å². The number of carbonyl (C=O) groups is 11. The van der Waals surface area contributed by atoms with Crippen molar-refractivity contribution >= 4 is 86.6 Å². The molecule has 0 saturated carbocycles. The number of benzene rings is 2. The summed E-state index contributed by atoms with van der Waals surface area (Å²) in [4.78, 5) is 151. The Hall–Kier alpha value is -6.93. The first-order valence-corrected chi connectivity index (χ1v) is 27.6. The second-order valence-electron chi connectivity index (χ2n) is 18.8. The monoisotopic (exact) mass is 1100 g/mol. The number of rotatable bonds is 21. The molecule has 0 radical (unpaired) electrons. The number of nitrogens with zero attached hydrogens (tertiary/aromatic N) is 1. The van der Waals surface area contributed by atoms with E-state index in [2.05, 4.69) is 37.2 Å². The first-order valence-electron chi connectivity index (χ1n) is 25.2. The van der Waals surface area contributed by atoms with Crippen LogP contribution < -0.4 is 60.2 Å². The van der Waals surface area contributed by atoms with E-state index in [1.807, 2.05) is 13.8 Å². The highest BCUT2D eigenvalue weighted by atomic mass is 33.1. The van der Waals surface area contributed by atoms with Crippen LogP contribution in [-0.4, -0.2) is 147 Å². The highest BCUT2D eigenvalue weighted by Crippen LogP contribution is 2.44. The maximum absolute atomic E-state index is 14.8. The van der Waals surface area contributed by atoms with Crippen molar-refractivity contribution in [1.82, 2.24) is 42.1 Å². The number of unbranched alkanes of at least 4 members (excludes halogenated alkanes) is 1. The predicted octanol–water partition coefficient (Wildman–Crippen LogP) is -1.71. The third-order valence-corrected chi connectivity index (χ3v) is 16.5. The maximum Gasteiger partial charge on any atom is 0.246 e. The van der Waals surface area contributed by atoms with Crippen LogP contribution in [0, 0.1) is 0 Å². The molecule has 2 aromatic rings. The summed E-state index contributed by atoms with van der Waals surface area (Å²) in [7, 11) is 2.39. The molecule has 416 valence electrons. The van der Waals surface area contributed by atoms with E-state index in [9.17, 15) is 57.8 Å². The molecule has 7 atom stereocenters.